The van der Waals surface area contributed by atoms with Crippen molar-refractivity contribution in [2.45, 2.75) is 18.6 Å². The zero-order valence-electron chi connectivity index (χ0n) is 8.34. The van der Waals surface area contributed by atoms with E-state index in [9.17, 15) is 14.7 Å². The van der Waals surface area contributed by atoms with Crippen molar-refractivity contribution < 1.29 is 24.5 Å². The molecule has 0 saturated carbocycles. The molecule has 15 heavy (non-hydrogen) atoms. The van der Waals surface area contributed by atoms with Crippen LogP contribution in [0.2, 0.25) is 0 Å². The average Bonchev–Trinajstić information content (AvgIpc) is 2.57. The van der Waals surface area contributed by atoms with E-state index < -0.39 is 24.1 Å². The van der Waals surface area contributed by atoms with Crippen molar-refractivity contribution in [3.63, 3.8) is 0 Å². The number of methoxy groups -OCH3 is 1. The third-order valence-electron chi connectivity index (χ3n) is 2.22. The minimum absolute atomic E-state index is 0.0267. The SMILES string of the molecule is COCNC(=O)[C@@H]1C[C@@H](O)CN1C(=O)O. The molecule has 3 N–H and O–H groups in total. The summed E-state index contributed by atoms with van der Waals surface area (Å²) in [6, 6.07) is -0.826. The minimum Gasteiger partial charge on any atom is -0.465 e. The molecule has 0 bridgehead atoms. The van der Waals surface area contributed by atoms with E-state index in [4.69, 9.17) is 5.11 Å². The van der Waals surface area contributed by atoms with Gasteiger partial charge >= 0.3 is 6.09 Å². The van der Waals surface area contributed by atoms with E-state index in [1.165, 1.54) is 7.11 Å². The monoisotopic (exact) mass is 218 g/mol. The first-order valence-electron chi connectivity index (χ1n) is 4.50. The van der Waals surface area contributed by atoms with Crippen LogP contribution < -0.4 is 5.32 Å². The van der Waals surface area contributed by atoms with Gasteiger partial charge in [-0.1, -0.05) is 0 Å². The lowest BCUT2D eigenvalue weighted by Gasteiger charge is -2.19. The average molecular weight is 218 g/mol. The molecule has 86 valence electrons. The number of carbonyl (C=O) groups excluding carboxylic acids is 1. The Hall–Kier alpha value is -1.34. The number of aliphatic hydroxyl groups is 1. The summed E-state index contributed by atoms with van der Waals surface area (Å²) >= 11 is 0. The van der Waals surface area contributed by atoms with Crippen LogP contribution in [-0.2, 0) is 9.53 Å². The summed E-state index contributed by atoms with van der Waals surface area (Å²) in [4.78, 5) is 23.1. The van der Waals surface area contributed by atoms with Gasteiger partial charge in [0.25, 0.3) is 0 Å². The molecule has 1 saturated heterocycles. The first kappa shape index (κ1) is 11.7. The summed E-state index contributed by atoms with van der Waals surface area (Å²) in [6.45, 7) is -0.000705. The number of rotatable bonds is 3. The predicted molar refractivity (Wildman–Crippen MR) is 49.2 cm³/mol. The lowest BCUT2D eigenvalue weighted by Crippen LogP contribution is -2.45. The Bertz CT molecular complexity index is 257. The maximum absolute atomic E-state index is 11.5. The molecule has 1 aliphatic rings. The number of nitrogens with zero attached hydrogens (tertiary/aromatic N) is 1. The van der Waals surface area contributed by atoms with Crippen molar-refractivity contribution in [1.82, 2.24) is 10.2 Å². The number of nitrogens with one attached hydrogen (secondary N) is 1. The molecule has 1 fully saturated rings. The normalized spacial score (nSPS) is 25.3. The van der Waals surface area contributed by atoms with Crippen LogP contribution in [0, 0.1) is 0 Å². The molecule has 0 aromatic heterocycles. The zero-order chi connectivity index (χ0) is 11.4. The highest BCUT2D eigenvalue weighted by Crippen LogP contribution is 2.17. The highest BCUT2D eigenvalue weighted by atomic mass is 16.5. The topological polar surface area (TPSA) is 99.1 Å². The smallest absolute Gasteiger partial charge is 0.408 e. The van der Waals surface area contributed by atoms with Gasteiger partial charge in [-0.25, -0.2) is 4.79 Å². The summed E-state index contributed by atoms with van der Waals surface area (Å²) in [6.07, 6.45) is -1.86. The minimum atomic E-state index is -1.20. The third kappa shape index (κ3) is 2.80. The highest BCUT2D eigenvalue weighted by molar-refractivity contribution is 5.85. The summed E-state index contributed by atoms with van der Waals surface area (Å²) in [5.74, 6) is -0.448. The van der Waals surface area contributed by atoms with Gasteiger partial charge in [0, 0.05) is 13.5 Å². The molecular formula is C8H14N2O5. The largest absolute Gasteiger partial charge is 0.465 e. The number of carbonyl (C=O) groups is 2. The van der Waals surface area contributed by atoms with Gasteiger partial charge < -0.3 is 20.3 Å². The highest BCUT2D eigenvalue weighted by Gasteiger charge is 2.38. The number of likely N-dealkylation sites (tertiary alicyclic amines) is 1. The number of hydrogen-bond donors (Lipinski definition) is 3. The molecular weight excluding hydrogens is 204 g/mol. The van der Waals surface area contributed by atoms with Gasteiger partial charge in [0.05, 0.1) is 12.6 Å². The van der Waals surface area contributed by atoms with E-state index in [0.29, 0.717) is 0 Å². The van der Waals surface area contributed by atoms with Gasteiger partial charge in [-0.3, -0.25) is 9.69 Å². The number of ether oxygens (including phenoxy) is 1. The summed E-state index contributed by atoms with van der Waals surface area (Å²) in [5, 5.41) is 20.5. The molecule has 7 heteroatoms. The van der Waals surface area contributed by atoms with Gasteiger partial charge in [0.2, 0.25) is 5.91 Å². The van der Waals surface area contributed by atoms with E-state index in [1.807, 2.05) is 0 Å². The number of β-amino-alcohol motifs (C(OH)–C–C–N with tert-alkyl or cyclic N) is 1. The maximum Gasteiger partial charge on any atom is 0.408 e. The molecule has 2 atom stereocenters. The van der Waals surface area contributed by atoms with E-state index in [1.54, 1.807) is 0 Å². The molecule has 0 aromatic rings. The van der Waals surface area contributed by atoms with E-state index in [2.05, 4.69) is 10.1 Å². The van der Waals surface area contributed by atoms with Crippen molar-refractivity contribution in [2.75, 3.05) is 20.4 Å². The van der Waals surface area contributed by atoms with Crippen molar-refractivity contribution in [3.8, 4) is 0 Å². The van der Waals surface area contributed by atoms with Gasteiger partial charge in [-0.05, 0) is 0 Å². The maximum atomic E-state index is 11.5. The Morgan fingerprint density at radius 2 is 2.27 bits per heavy atom. The van der Waals surface area contributed by atoms with Gasteiger partial charge in [0.1, 0.15) is 12.8 Å². The van der Waals surface area contributed by atoms with Crippen molar-refractivity contribution in [1.29, 1.82) is 0 Å². The van der Waals surface area contributed by atoms with Crippen LogP contribution in [0.4, 0.5) is 4.79 Å². The Labute approximate surface area is 86.6 Å². The predicted octanol–water partition coefficient (Wildman–Crippen LogP) is -1.18. The first-order valence-corrected chi connectivity index (χ1v) is 4.50. The fourth-order valence-electron chi connectivity index (χ4n) is 1.53. The van der Waals surface area contributed by atoms with Gasteiger partial charge in [-0.15, -0.1) is 0 Å². The second kappa shape index (κ2) is 4.94. The summed E-state index contributed by atoms with van der Waals surface area (Å²) < 4.78 is 4.63. The first-order chi connectivity index (χ1) is 7.06. The fourth-order valence-corrected chi connectivity index (χ4v) is 1.53. The zero-order valence-corrected chi connectivity index (χ0v) is 8.34. The lowest BCUT2D eigenvalue weighted by atomic mass is 10.2. The molecule has 1 heterocycles. The van der Waals surface area contributed by atoms with Crippen LogP contribution in [0.5, 0.6) is 0 Å². The van der Waals surface area contributed by atoms with Crippen molar-refractivity contribution in [2.24, 2.45) is 0 Å². The molecule has 0 spiro atoms. The Balaban J connectivity index is 2.58. The fraction of sp³-hybridized carbons (Fsp3) is 0.750. The summed E-state index contributed by atoms with van der Waals surface area (Å²) in [7, 11) is 1.42. The van der Waals surface area contributed by atoms with Crippen molar-refractivity contribution in [3.05, 3.63) is 0 Å². The van der Waals surface area contributed by atoms with E-state index in [0.717, 1.165) is 4.90 Å². The molecule has 1 rings (SSSR count). The van der Waals surface area contributed by atoms with Crippen LogP contribution in [0.1, 0.15) is 6.42 Å². The molecule has 0 aliphatic carbocycles. The lowest BCUT2D eigenvalue weighted by molar-refractivity contribution is -0.126. The molecule has 7 nitrogen and oxygen atoms in total. The number of carboxylic acid groups (broad SMARTS) is 1. The Morgan fingerprint density at radius 3 is 2.80 bits per heavy atom. The van der Waals surface area contributed by atoms with Crippen LogP contribution >= 0.6 is 0 Å². The van der Waals surface area contributed by atoms with E-state index in [-0.39, 0.29) is 19.7 Å². The van der Waals surface area contributed by atoms with E-state index >= 15 is 0 Å². The molecule has 0 radical (unpaired) electrons. The van der Waals surface area contributed by atoms with Gasteiger partial charge in [0.15, 0.2) is 0 Å². The third-order valence-corrected chi connectivity index (χ3v) is 2.22. The Morgan fingerprint density at radius 1 is 1.60 bits per heavy atom. The van der Waals surface area contributed by atoms with Crippen LogP contribution in [-0.4, -0.2) is 59.6 Å². The standard InChI is InChI=1S/C8H14N2O5/c1-15-4-9-7(12)6-2-5(11)3-10(6)8(13)14/h5-6,11H,2-4H2,1H3,(H,9,12)(H,13,14)/t5-,6+/m1/s1. The molecule has 0 aromatic carbocycles. The second-order valence-corrected chi connectivity index (χ2v) is 3.31. The van der Waals surface area contributed by atoms with Crippen molar-refractivity contribution >= 4 is 12.0 Å². The number of amides is 2. The van der Waals surface area contributed by atoms with Crippen LogP contribution in [0.3, 0.4) is 0 Å². The summed E-state index contributed by atoms with van der Waals surface area (Å²) in [5.41, 5.74) is 0. The molecule has 0 unspecified atom stereocenters. The van der Waals surface area contributed by atoms with Gasteiger partial charge in [-0.2, -0.15) is 0 Å². The quantitative estimate of drug-likeness (QED) is 0.518. The number of hydrogen-bond acceptors (Lipinski definition) is 4. The molecule has 2 amide bonds. The van der Waals surface area contributed by atoms with Crippen LogP contribution in [0.25, 0.3) is 0 Å². The number of aliphatic hydroxyl groups excluding tert-OH is 1. The Kier molecular flexibility index (Phi) is 3.87. The molecule has 1 aliphatic heterocycles. The second-order valence-electron chi connectivity index (χ2n) is 3.31. The van der Waals surface area contributed by atoms with Crippen LogP contribution in [0.15, 0.2) is 0 Å².